The average Bonchev–Trinajstić information content (AvgIpc) is 2.70. The number of rotatable bonds is 7. The van der Waals surface area contributed by atoms with Gasteiger partial charge in [-0.15, -0.1) is 0 Å². The predicted octanol–water partition coefficient (Wildman–Crippen LogP) is 5.39. The number of nitrogens with one attached hydrogen (secondary N) is 2. The Bertz CT molecular complexity index is 969. The summed E-state index contributed by atoms with van der Waals surface area (Å²) in [5.74, 6) is 1.31. The number of benzene rings is 2. The van der Waals surface area contributed by atoms with Crippen molar-refractivity contribution in [1.82, 2.24) is 9.97 Å². The largest absolute Gasteiger partial charge is 0.357 e. The van der Waals surface area contributed by atoms with Gasteiger partial charge in [0, 0.05) is 46.3 Å². The van der Waals surface area contributed by atoms with E-state index in [1.807, 2.05) is 49.4 Å². The van der Waals surface area contributed by atoms with Gasteiger partial charge < -0.3 is 15.5 Å². The zero-order chi connectivity index (χ0) is 20.8. The van der Waals surface area contributed by atoms with Crippen molar-refractivity contribution in [3.05, 3.63) is 70.3 Å². The Morgan fingerprint density at radius 2 is 1.59 bits per heavy atom. The number of halogens is 1. The molecule has 0 aliphatic rings. The molecule has 0 bridgehead atoms. The molecule has 1 heterocycles. The monoisotopic (exact) mass is 453 g/mol. The topological polar surface area (TPSA) is 70.2 Å². The Labute approximate surface area is 179 Å². The van der Waals surface area contributed by atoms with Gasteiger partial charge in [0.15, 0.2) is 0 Å². The zero-order valence-corrected chi connectivity index (χ0v) is 18.3. The van der Waals surface area contributed by atoms with Gasteiger partial charge >= 0.3 is 0 Å². The lowest BCUT2D eigenvalue weighted by molar-refractivity contribution is 0.102. The van der Waals surface area contributed by atoms with Crippen molar-refractivity contribution in [3.63, 3.8) is 0 Å². The number of carbonyl (C=O) groups excluding carboxylic acids is 1. The number of nitrogens with zero attached hydrogens (tertiary/aromatic N) is 3. The molecule has 0 unspecified atom stereocenters. The van der Waals surface area contributed by atoms with Gasteiger partial charge in [0.25, 0.3) is 5.91 Å². The Morgan fingerprint density at radius 1 is 0.966 bits per heavy atom. The molecule has 0 aliphatic carbocycles. The maximum atomic E-state index is 12.3. The van der Waals surface area contributed by atoms with Crippen molar-refractivity contribution in [2.45, 2.75) is 20.8 Å². The molecule has 2 aromatic carbocycles. The van der Waals surface area contributed by atoms with Crippen LogP contribution in [0.5, 0.6) is 0 Å². The van der Waals surface area contributed by atoms with E-state index in [0.717, 1.165) is 40.4 Å². The van der Waals surface area contributed by atoms with E-state index in [2.05, 4.69) is 55.3 Å². The predicted molar refractivity (Wildman–Crippen MR) is 122 cm³/mol. The molecule has 0 atom stereocenters. The van der Waals surface area contributed by atoms with Crippen LogP contribution in [-0.4, -0.2) is 29.0 Å². The molecule has 6 nitrogen and oxygen atoms in total. The molecule has 2 N–H and O–H groups in total. The number of anilines is 4. The van der Waals surface area contributed by atoms with Crippen molar-refractivity contribution in [2.24, 2.45) is 0 Å². The number of carbonyl (C=O) groups is 1. The van der Waals surface area contributed by atoms with Gasteiger partial charge in [-0.2, -0.15) is 4.98 Å². The van der Waals surface area contributed by atoms with E-state index in [4.69, 9.17) is 0 Å². The van der Waals surface area contributed by atoms with Crippen molar-refractivity contribution in [3.8, 4) is 0 Å². The fourth-order valence-corrected chi connectivity index (χ4v) is 3.15. The van der Waals surface area contributed by atoms with E-state index < -0.39 is 0 Å². The SMILES string of the molecule is CCN(CC)c1cc(C)nc(Nc2ccc(NC(=O)c3ccc(Br)cc3)cc2)n1. The van der Waals surface area contributed by atoms with Crippen LogP contribution < -0.4 is 15.5 Å². The summed E-state index contributed by atoms with van der Waals surface area (Å²) in [5.41, 5.74) is 3.08. The van der Waals surface area contributed by atoms with E-state index in [1.54, 1.807) is 12.1 Å². The number of amides is 1. The molecule has 0 radical (unpaired) electrons. The van der Waals surface area contributed by atoms with Crippen molar-refractivity contribution in [1.29, 1.82) is 0 Å². The highest BCUT2D eigenvalue weighted by molar-refractivity contribution is 9.10. The molecule has 0 saturated carbocycles. The van der Waals surface area contributed by atoms with E-state index in [-0.39, 0.29) is 5.91 Å². The Morgan fingerprint density at radius 3 is 2.21 bits per heavy atom. The van der Waals surface area contributed by atoms with Crippen LogP contribution in [0.3, 0.4) is 0 Å². The zero-order valence-electron chi connectivity index (χ0n) is 16.7. The third-order valence-corrected chi connectivity index (χ3v) is 4.96. The summed E-state index contributed by atoms with van der Waals surface area (Å²) in [6.07, 6.45) is 0. The molecule has 3 rings (SSSR count). The lowest BCUT2D eigenvalue weighted by Gasteiger charge is -2.20. The van der Waals surface area contributed by atoms with Crippen LogP contribution in [0, 0.1) is 6.92 Å². The molecule has 150 valence electrons. The first-order chi connectivity index (χ1) is 14.0. The molecule has 29 heavy (non-hydrogen) atoms. The summed E-state index contributed by atoms with van der Waals surface area (Å²) in [6, 6.07) is 16.7. The van der Waals surface area contributed by atoms with Crippen LogP contribution in [-0.2, 0) is 0 Å². The highest BCUT2D eigenvalue weighted by Crippen LogP contribution is 2.20. The van der Waals surface area contributed by atoms with Crippen LogP contribution in [0.1, 0.15) is 29.9 Å². The Kier molecular flexibility index (Phi) is 6.82. The Hall–Kier alpha value is -2.93. The van der Waals surface area contributed by atoms with E-state index >= 15 is 0 Å². The number of hydrogen-bond acceptors (Lipinski definition) is 5. The van der Waals surface area contributed by atoms with E-state index in [9.17, 15) is 4.79 Å². The lowest BCUT2D eigenvalue weighted by Crippen LogP contribution is -2.23. The first kappa shape index (κ1) is 20.8. The standard InChI is InChI=1S/C22H24BrN5O/c1-4-28(5-2)20-14-15(3)24-22(27-20)26-19-12-10-18(11-13-19)25-21(29)16-6-8-17(23)9-7-16/h6-14H,4-5H2,1-3H3,(H,25,29)(H,24,26,27). The van der Waals surface area contributed by atoms with Crippen LogP contribution >= 0.6 is 15.9 Å². The molecule has 0 spiro atoms. The van der Waals surface area contributed by atoms with Gasteiger partial charge in [-0.05, 0) is 69.3 Å². The summed E-state index contributed by atoms with van der Waals surface area (Å²) in [6.45, 7) is 7.95. The molecule has 1 aromatic heterocycles. The summed E-state index contributed by atoms with van der Waals surface area (Å²) >= 11 is 3.37. The highest BCUT2D eigenvalue weighted by Gasteiger charge is 2.09. The van der Waals surface area contributed by atoms with Gasteiger partial charge in [0.1, 0.15) is 5.82 Å². The number of hydrogen-bond donors (Lipinski definition) is 2. The van der Waals surface area contributed by atoms with Gasteiger partial charge in [-0.25, -0.2) is 4.98 Å². The highest BCUT2D eigenvalue weighted by atomic mass is 79.9. The van der Waals surface area contributed by atoms with E-state index in [1.165, 1.54) is 0 Å². The second-order valence-corrected chi connectivity index (χ2v) is 7.44. The normalized spacial score (nSPS) is 10.5. The molecule has 1 amide bonds. The van der Waals surface area contributed by atoms with Crippen LogP contribution in [0.25, 0.3) is 0 Å². The maximum Gasteiger partial charge on any atom is 0.255 e. The van der Waals surface area contributed by atoms with E-state index in [0.29, 0.717) is 11.5 Å². The summed E-state index contributed by atoms with van der Waals surface area (Å²) in [7, 11) is 0. The molecule has 3 aromatic rings. The third kappa shape index (κ3) is 5.54. The maximum absolute atomic E-state index is 12.3. The fourth-order valence-electron chi connectivity index (χ4n) is 2.89. The number of aromatic nitrogens is 2. The minimum absolute atomic E-state index is 0.149. The minimum atomic E-state index is -0.149. The van der Waals surface area contributed by atoms with Crippen molar-refractivity contribution in [2.75, 3.05) is 28.6 Å². The first-order valence-corrected chi connectivity index (χ1v) is 10.3. The smallest absolute Gasteiger partial charge is 0.255 e. The second-order valence-electron chi connectivity index (χ2n) is 6.53. The summed E-state index contributed by atoms with van der Waals surface area (Å²) < 4.78 is 0.937. The summed E-state index contributed by atoms with van der Waals surface area (Å²) in [5, 5.41) is 6.14. The number of aryl methyl sites for hydroxylation is 1. The first-order valence-electron chi connectivity index (χ1n) is 9.53. The van der Waals surface area contributed by atoms with Gasteiger partial charge in [-0.1, -0.05) is 15.9 Å². The quantitative estimate of drug-likeness (QED) is 0.501. The average molecular weight is 454 g/mol. The lowest BCUT2D eigenvalue weighted by atomic mass is 10.2. The van der Waals surface area contributed by atoms with Crippen LogP contribution in [0.2, 0.25) is 0 Å². The molecule has 7 heteroatoms. The third-order valence-electron chi connectivity index (χ3n) is 4.43. The van der Waals surface area contributed by atoms with Crippen LogP contribution in [0.4, 0.5) is 23.1 Å². The van der Waals surface area contributed by atoms with Crippen LogP contribution in [0.15, 0.2) is 59.1 Å². The molecular weight excluding hydrogens is 430 g/mol. The molecule has 0 aliphatic heterocycles. The van der Waals surface area contributed by atoms with Crippen molar-refractivity contribution < 1.29 is 4.79 Å². The summed E-state index contributed by atoms with van der Waals surface area (Å²) in [4.78, 5) is 23.6. The van der Waals surface area contributed by atoms with Crippen molar-refractivity contribution >= 4 is 45.0 Å². The van der Waals surface area contributed by atoms with Gasteiger partial charge in [-0.3, -0.25) is 4.79 Å². The molecule has 0 fully saturated rings. The fraction of sp³-hybridized carbons (Fsp3) is 0.227. The Balaban J connectivity index is 1.69. The molecule has 0 saturated heterocycles. The minimum Gasteiger partial charge on any atom is -0.357 e. The second kappa shape index (κ2) is 9.52. The molecular formula is C22H24BrN5O. The van der Waals surface area contributed by atoms with Gasteiger partial charge in [0.05, 0.1) is 0 Å². The van der Waals surface area contributed by atoms with Gasteiger partial charge in [0.2, 0.25) is 5.95 Å².